The lowest BCUT2D eigenvalue weighted by Gasteiger charge is -2.43. The Hall–Kier alpha value is -2.47. The molecule has 1 aliphatic rings. The molecule has 1 fully saturated rings. The van der Waals surface area contributed by atoms with Crippen molar-refractivity contribution in [2.75, 3.05) is 13.2 Å². The van der Waals surface area contributed by atoms with E-state index in [0.717, 1.165) is 11.1 Å². The average Bonchev–Trinajstić information content (AvgIpc) is 2.67. The van der Waals surface area contributed by atoms with Gasteiger partial charge >= 0.3 is 6.09 Å². The number of hydrogen-bond donors (Lipinski definition) is 1. The zero-order valence-corrected chi connectivity index (χ0v) is 15.2. The highest BCUT2D eigenvalue weighted by Crippen LogP contribution is 2.40. The lowest BCUT2D eigenvalue weighted by Crippen LogP contribution is -2.48. The van der Waals surface area contributed by atoms with E-state index in [4.69, 9.17) is 4.74 Å². The van der Waals surface area contributed by atoms with E-state index >= 15 is 0 Å². The second kappa shape index (κ2) is 8.05. The normalized spacial score (nSPS) is 21.0. The molecule has 2 aromatic rings. The van der Waals surface area contributed by atoms with Crippen molar-refractivity contribution in [3.63, 3.8) is 0 Å². The molecule has 0 saturated carbocycles. The summed E-state index contributed by atoms with van der Waals surface area (Å²) in [4.78, 5) is 14.4. The second-order valence-electron chi connectivity index (χ2n) is 6.87. The first-order chi connectivity index (χ1) is 12.9. The molecule has 2 atom stereocenters. The van der Waals surface area contributed by atoms with Gasteiger partial charge in [0.2, 0.25) is 0 Å². The number of rotatable bonds is 6. The van der Waals surface area contributed by atoms with Gasteiger partial charge in [-0.2, -0.15) is 0 Å². The Balaban J connectivity index is 1.81. The first-order valence-corrected chi connectivity index (χ1v) is 9.07. The van der Waals surface area contributed by atoms with E-state index in [9.17, 15) is 18.7 Å². The summed E-state index contributed by atoms with van der Waals surface area (Å²) in [6, 6.07) is 11.7. The predicted molar refractivity (Wildman–Crippen MR) is 97.0 cm³/mol. The third-order valence-electron chi connectivity index (χ3n) is 5.20. The van der Waals surface area contributed by atoms with Crippen LogP contribution in [-0.4, -0.2) is 29.3 Å². The molecule has 0 aliphatic carbocycles. The molecule has 1 saturated heterocycles. The number of ether oxygens (including phenoxy) is 1. The van der Waals surface area contributed by atoms with E-state index in [0.29, 0.717) is 25.8 Å². The first kappa shape index (κ1) is 19.3. The van der Waals surface area contributed by atoms with Crippen molar-refractivity contribution >= 4 is 6.09 Å². The maximum absolute atomic E-state index is 13.3. The Labute approximate surface area is 157 Å². The molecule has 1 heterocycles. The number of benzene rings is 2. The second-order valence-corrected chi connectivity index (χ2v) is 6.87. The minimum Gasteiger partial charge on any atom is -0.438 e. The van der Waals surface area contributed by atoms with Gasteiger partial charge in [0, 0.05) is 19.6 Å². The summed E-state index contributed by atoms with van der Waals surface area (Å²) in [6.45, 7) is 2.30. The fourth-order valence-electron chi connectivity index (χ4n) is 3.58. The lowest BCUT2D eigenvalue weighted by atomic mass is 9.84. The minimum absolute atomic E-state index is 0.0177. The summed E-state index contributed by atoms with van der Waals surface area (Å²) >= 11 is 0. The Morgan fingerprint density at radius 2 is 1.70 bits per heavy atom. The number of aliphatic hydroxyl groups excluding tert-OH is 1. The van der Waals surface area contributed by atoms with E-state index < -0.39 is 11.7 Å². The van der Waals surface area contributed by atoms with Crippen LogP contribution in [0.1, 0.15) is 43.4 Å². The maximum Gasteiger partial charge on any atom is 0.411 e. The predicted octanol–water partition coefficient (Wildman–Crippen LogP) is 4.54. The van der Waals surface area contributed by atoms with E-state index in [1.165, 1.54) is 24.3 Å². The molecular weight excluding hydrogens is 352 g/mol. The zero-order valence-electron chi connectivity index (χ0n) is 15.2. The van der Waals surface area contributed by atoms with Crippen LogP contribution in [-0.2, 0) is 10.3 Å². The van der Waals surface area contributed by atoms with E-state index in [1.54, 1.807) is 29.2 Å². The molecule has 27 heavy (non-hydrogen) atoms. The van der Waals surface area contributed by atoms with Crippen LogP contribution >= 0.6 is 0 Å². The Bertz CT molecular complexity index is 779. The van der Waals surface area contributed by atoms with Crippen LogP contribution in [0.5, 0.6) is 0 Å². The molecule has 1 aliphatic heterocycles. The quantitative estimate of drug-likeness (QED) is 0.807. The third kappa shape index (κ3) is 4.11. The molecule has 0 bridgehead atoms. The average molecular weight is 375 g/mol. The highest BCUT2D eigenvalue weighted by Gasteiger charge is 2.43. The molecule has 144 valence electrons. The largest absolute Gasteiger partial charge is 0.438 e. The van der Waals surface area contributed by atoms with Gasteiger partial charge in [0.15, 0.2) is 0 Å². The van der Waals surface area contributed by atoms with Crippen molar-refractivity contribution in [1.29, 1.82) is 0 Å². The van der Waals surface area contributed by atoms with Gasteiger partial charge in [0.05, 0.1) is 6.04 Å². The molecule has 0 spiro atoms. The molecule has 0 aromatic heterocycles. The van der Waals surface area contributed by atoms with Gasteiger partial charge in [0.1, 0.15) is 17.2 Å². The molecule has 1 unspecified atom stereocenters. The van der Waals surface area contributed by atoms with Crippen LogP contribution in [0.2, 0.25) is 0 Å². The smallest absolute Gasteiger partial charge is 0.411 e. The summed E-state index contributed by atoms with van der Waals surface area (Å²) in [6.07, 6.45) is 0.980. The molecule has 4 nitrogen and oxygen atoms in total. The number of halogens is 2. The highest BCUT2D eigenvalue weighted by molar-refractivity contribution is 5.70. The van der Waals surface area contributed by atoms with Crippen molar-refractivity contribution in [2.45, 2.75) is 37.8 Å². The van der Waals surface area contributed by atoms with Crippen LogP contribution in [0.15, 0.2) is 48.5 Å². The standard InChI is InChI=1S/C21H23F2NO3/c1-15(16-3-7-18(22)8-4-16)24-13-12-21(11-2-14-25,27-20(24)26)17-5-9-19(23)10-6-17/h3-10,15,25H,2,11-14H2,1H3/t15-,21?/m0/s1. The van der Waals surface area contributed by atoms with Gasteiger partial charge in [-0.05, 0) is 55.2 Å². The molecule has 1 N–H and O–H groups in total. The molecule has 2 aromatic carbocycles. The summed E-state index contributed by atoms with van der Waals surface area (Å²) in [5, 5.41) is 9.24. The SMILES string of the molecule is C[C@@H](c1ccc(F)cc1)N1CCC(CCCO)(c2ccc(F)cc2)OC1=O. The van der Waals surface area contributed by atoms with Gasteiger partial charge in [0.25, 0.3) is 0 Å². The summed E-state index contributed by atoms with van der Waals surface area (Å²) in [7, 11) is 0. The fraction of sp³-hybridized carbons (Fsp3) is 0.381. The number of cyclic esters (lactones) is 1. The number of amides is 1. The molecule has 1 amide bonds. The first-order valence-electron chi connectivity index (χ1n) is 9.07. The van der Waals surface area contributed by atoms with Crippen LogP contribution in [0.25, 0.3) is 0 Å². The number of carbonyl (C=O) groups is 1. The fourth-order valence-corrected chi connectivity index (χ4v) is 3.58. The van der Waals surface area contributed by atoms with Gasteiger partial charge < -0.3 is 14.7 Å². The number of nitrogens with zero attached hydrogens (tertiary/aromatic N) is 1. The molecular formula is C21H23F2NO3. The topological polar surface area (TPSA) is 49.8 Å². The maximum atomic E-state index is 13.3. The lowest BCUT2D eigenvalue weighted by molar-refractivity contribution is -0.0680. The van der Waals surface area contributed by atoms with Crippen LogP contribution in [0.4, 0.5) is 13.6 Å². The minimum atomic E-state index is -0.882. The monoisotopic (exact) mass is 375 g/mol. The summed E-state index contributed by atoms with van der Waals surface area (Å²) < 4.78 is 32.3. The van der Waals surface area contributed by atoms with Gasteiger partial charge in [-0.3, -0.25) is 0 Å². The van der Waals surface area contributed by atoms with Crippen molar-refractivity contribution in [2.24, 2.45) is 0 Å². The Morgan fingerprint density at radius 1 is 1.11 bits per heavy atom. The van der Waals surface area contributed by atoms with Crippen molar-refractivity contribution < 1.29 is 23.4 Å². The third-order valence-corrected chi connectivity index (χ3v) is 5.20. The molecule has 3 rings (SSSR count). The Morgan fingerprint density at radius 3 is 2.26 bits per heavy atom. The van der Waals surface area contributed by atoms with Crippen LogP contribution in [0, 0.1) is 11.6 Å². The van der Waals surface area contributed by atoms with Gasteiger partial charge in [-0.1, -0.05) is 24.3 Å². The Kier molecular flexibility index (Phi) is 5.75. The summed E-state index contributed by atoms with van der Waals surface area (Å²) in [5.41, 5.74) is 0.657. The molecule has 0 radical (unpaired) electrons. The van der Waals surface area contributed by atoms with Crippen molar-refractivity contribution in [3.8, 4) is 0 Å². The van der Waals surface area contributed by atoms with Crippen LogP contribution < -0.4 is 0 Å². The van der Waals surface area contributed by atoms with Crippen molar-refractivity contribution in [3.05, 3.63) is 71.3 Å². The zero-order chi connectivity index (χ0) is 19.4. The van der Waals surface area contributed by atoms with Gasteiger partial charge in [-0.25, -0.2) is 13.6 Å². The number of aliphatic hydroxyl groups is 1. The van der Waals surface area contributed by atoms with E-state index in [-0.39, 0.29) is 24.3 Å². The highest BCUT2D eigenvalue weighted by atomic mass is 19.1. The summed E-state index contributed by atoms with van der Waals surface area (Å²) in [5.74, 6) is -0.684. The number of carbonyl (C=O) groups excluding carboxylic acids is 1. The van der Waals surface area contributed by atoms with E-state index in [2.05, 4.69) is 0 Å². The van der Waals surface area contributed by atoms with Crippen LogP contribution in [0.3, 0.4) is 0 Å². The van der Waals surface area contributed by atoms with Gasteiger partial charge in [-0.15, -0.1) is 0 Å². The number of hydrogen-bond acceptors (Lipinski definition) is 3. The van der Waals surface area contributed by atoms with E-state index in [1.807, 2.05) is 6.92 Å². The van der Waals surface area contributed by atoms with Crippen molar-refractivity contribution in [1.82, 2.24) is 4.90 Å². The molecule has 6 heteroatoms.